The molecule has 0 saturated carbocycles. The summed E-state index contributed by atoms with van der Waals surface area (Å²) in [6, 6.07) is 13.3. The third-order valence-electron chi connectivity index (χ3n) is 2.78. The van der Waals surface area contributed by atoms with Gasteiger partial charge in [-0.1, -0.05) is 42.5 Å². The molecule has 0 bridgehead atoms. The van der Waals surface area contributed by atoms with E-state index in [0.29, 0.717) is 5.56 Å². The zero-order chi connectivity index (χ0) is 15.7. The van der Waals surface area contributed by atoms with Crippen LogP contribution < -0.4 is 4.72 Å². The molecule has 3 nitrogen and oxygen atoms in total. The molecule has 0 radical (unpaired) electrons. The van der Waals surface area contributed by atoms with E-state index >= 15 is 0 Å². The minimum Gasteiger partial charge on any atom is -0.207 e. The standard InChI is InChI=1S/C16H18FNO2S/c1-16(2,3)18-21(19,20)14-11-7-10-13(15(14)17)12-8-5-4-6-9-12/h4-11,18H,1-3H3. The predicted octanol–water partition coefficient (Wildman–Crippen LogP) is 3.57. The molecule has 21 heavy (non-hydrogen) atoms. The van der Waals surface area contributed by atoms with Gasteiger partial charge in [-0.05, 0) is 32.4 Å². The van der Waals surface area contributed by atoms with Crippen LogP contribution >= 0.6 is 0 Å². The van der Waals surface area contributed by atoms with Gasteiger partial charge in [-0.3, -0.25) is 0 Å². The molecule has 1 N–H and O–H groups in total. The minimum atomic E-state index is -3.90. The van der Waals surface area contributed by atoms with Gasteiger partial charge in [0.1, 0.15) is 4.90 Å². The van der Waals surface area contributed by atoms with E-state index in [1.807, 2.05) is 6.07 Å². The van der Waals surface area contributed by atoms with Gasteiger partial charge in [-0.2, -0.15) is 0 Å². The summed E-state index contributed by atoms with van der Waals surface area (Å²) in [7, 11) is -3.90. The summed E-state index contributed by atoms with van der Waals surface area (Å²) in [4.78, 5) is -0.334. The second-order valence-electron chi connectivity index (χ2n) is 5.84. The van der Waals surface area contributed by atoms with Gasteiger partial charge in [-0.15, -0.1) is 0 Å². The van der Waals surface area contributed by atoms with Gasteiger partial charge in [0.2, 0.25) is 10.0 Å². The van der Waals surface area contributed by atoms with Gasteiger partial charge < -0.3 is 0 Å². The molecule has 0 saturated heterocycles. The molecule has 0 spiro atoms. The predicted molar refractivity (Wildman–Crippen MR) is 81.9 cm³/mol. The second kappa shape index (κ2) is 5.58. The molecule has 112 valence electrons. The highest BCUT2D eigenvalue weighted by Crippen LogP contribution is 2.27. The summed E-state index contributed by atoms with van der Waals surface area (Å²) < 4.78 is 41.7. The monoisotopic (exact) mass is 307 g/mol. The minimum absolute atomic E-state index is 0.271. The summed E-state index contributed by atoms with van der Waals surface area (Å²) >= 11 is 0. The molecule has 2 rings (SSSR count). The van der Waals surface area contributed by atoms with E-state index < -0.39 is 21.4 Å². The summed E-state index contributed by atoms with van der Waals surface area (Å²) in [5.74, 6) is -0.736. The normalized spacial score (nSPS) is 12.4. The molecule has 5 heteroatoms. The Morgan fingerprint density at radius 2 is 1.57 bits per heavy atom. The van der Waals surface area contributed by atoms with Crippen LogP contribution in [0.1, 0.15) is 20.8 Å². The van der Waals surface area contributed by atoms with E-state index in [4.69, 9.17) is 0 Å². The second-order valence-corrected chi connectivity index (χ2v) is 7.49. The van der Waals surface area contributed by atoms with E-state index in [1.54, 1.807) is 57.2 Å². The fraction of sp³-hybridized carbons (Fsp3) is 0.250. The maximum absolute atomic E-state index is 14.6. The molecule has 2 aromatic rings. The van der Waals surface area contributed by atoms with Crippen molar-refractivity contribution < 1.29 is 12.8 Å². The van der Waals surface area contributed by atoms with Crippen LogP contribution in [0.4, 0.5) is 4.39 Å². The van der Waals surface area contributed by atoms with Crippen LogP contribution in [0.15, 0.2) is 53.4 Å². The van der Waals surface area contributed by atoms with Crippen LogP contribution in [-0.2, 0) is 10.0 Å². The van der Waals surface area contributed by atoms with Crippen molar-refractivity contribution in [3.8, 4) is 11.1 Å². The third kappa shape index (κ3) is 3.68. The first-order chi connectivity index (χ1) is 9.71. The van der Waals surface area contributed by atoms with Gasteiger partial charge in [0, 0.05) is 11.1 Å². The first kappa shape index (κ1) is 15.7. The van der Waals surface area contributed by atoms with Crippen LogP contribution in [0.25, 0.3) is 11.1 Å². The quantitative estimate of drug-likeness (QED) is 0.942. The number of benzene rings is 2. The maximum atomic E-state index is 14.6. The number of rotatable bonds is 3. The summed E-state index contributed by atoms with van der Waals surface area (Å²) in [6.07, 6.45) is 0. The molecule has 0 aliphatic heterocycles. The highest BCUT2D eigenvalue weighted by atomic mass is 32.2. The fourth-order valence-corrected chi connectivity index (χ4v) is 3.54. The number of sulfonamides is 1. The topological polar surface area (TPSA) is 46.2 Å². The van der Waals surface area contributed by atoms with E-state index in [-0.39, 0.29) is 10.5 Å². The number of hydrogen-bond acceptors (Lipinski definition) is 2. The molecule has 0 aliphatic rings. The maximum Gasteiger partial charge on any atom is 0.243 e. The van der Waals surface area contributed by atoms with Gasteiger partial charge in [-0.25, -0.2) is 17.5 Å². The van der Waals surface area contributed by atoms with Crippen molar-refractivity contribution in [2.45, 2.75) is 31.2 Å². The number of halogens is 1. The van der Waals surface area contributed by atoms with Crippen LogP contribution in [0.3, 0.4) is 0 Å². The molecule has 0 aliphatic carbocycles. The van der Waals surface area contributed by atoms with Gasteiger partial charge in [0.25, 0.3) is 0 Å². The highest BCUT2D eigenvalue weighted by Gasteiger charge is 2.26. The molecule has 0 unspecified atom stereocenters. The summed E-state index contributed by atoms with van der Waals surface area (Å²) in [5, 5.41) is 0. The molecule has 0 heterocycles. The van der Waals surface area contributed by atoms with Gasteiger partial charge in [0.05, 0.1) is 0 Å². The van der Waals surface area contributed by atoms with Crippen molar-refractivity contribution in [3.63, 3.8) is 0 Å². The molecular formula is C16H18FNO2S. The van der Waals surface area contributed by atoms with E-state index in [9.17, 15) is 12.8 Å². The zero-order valence-corrected chi connectivity index (χ0v) is 13.0. The van der Waals surface area contributed by atoms with Gasteiger partial charge in [0.15, 0.2) is 5.82 Å². The average Bonchev–Trinajstić information content (AvgIpc) is 2.37. The van der Waals surface area contributed by atoms with Crippen molar-refractivity contribution in [2.75, 3.05) is 0 Å². The Labute approximate surface area is 124 Å². The Morgan fingerprint density at radius 3 is 2.14 bits per heavy atom. The van der Waals surface area contributed by atoms with Crippen molar-refractivity contribution in [2.24, 2.45) is 0 Å². The van der Waals surface area contributed by atoms with Crippen molar-refractivity contribution in [3.05, 3.63) is 54.3 Å². The van der Waals surface area contributed by atoms with Crippen LogP contribution in [0.5, 0.6) is 0 Å². The Hall–Kier alpha value is -1.72. The zero-order valence-electron chi connectivity index (χ0n) is 12.2. The van der Waals surface area contributed by atoms with E-state index in [1.165, 1.54) is 6.07 Å². The Kier molecular flexibility index (Phi) is 4.16. The smallest absolute Gasteiger partial charge is 0.207 e. The lowest BCUT2D eigenvalue weighted by atomic mass is 10.1. The van der Waals surface area contributed by atoms with Crippen molar-refractivity contribution in [1.82, 2.24) is 4.72 Å². The van der Waals surface area contributed by atoms with Gasteiger partial charge >= 0.3 is 0 Å². The Bertz CT molecular complexity index is 735. The summed E-state index contributed by atoms with van der Waals surface area (Å²) in [5.41, 5.74) is 0.240. The SMILES string of the molecule is CC(C)(C)NS(=O)(=O)c1cccc(-c2ccccc2)c1F. The first-order valence-corrected chi connectivity index (χ1v) is 8.07. The molecule has 0 amide bonds. The molecule has 2 aromatic carbocycles. The van der Waals surface area contributed by atoms with Crippen molar-refractivity contribution >= 4 is 10.0 Å². The largest absolute Gasteiger partial charge is 0.243 e. The Morgan fingerprint density at radius 1 is 0.952 bits per heavy atom. The number of nitrogens with one attached hydrogen (secondary N) is 1. The molecule has 0 fully saturated rings. The highest BCUT2D eigenvalue weighted by molar-refractivity contribution is 7.89. The van der Waals surface area contributed by atoms with Crippen LogP contribution in [-0.4, -0.2) is 14.0 Å². The van der Waals surface area contributed by atoms with Crippen molar-refractivity contribution in [1.29, 1.82) is 0 Å². The first-order valence-electron chi connectivity index (χ1n) is 6.59. The Balaban J connectivity index is 2.53. The number of hydrogen-bond donors (Lipinski definition) is 1. The van der Waals surface area contributed by atoms with Crippen LogP contribution in [0, 0.1) is 5.82 Å². The van der Waals surface area contributed by atoms with E-state index in [0.717, 1.165) is 0 Å². The lowest BCUT2D eigenvalue weighted by Crippen LogP contribution is -2.40. The molecule has 0 atom stereocenters. The third-order valence-corrected chi connectivity index (χ3v) is 4.55. The lowest BCUT2D eigenvalue weighted by Gasteiger charge is -2.21. The fourth-order valence-electron chi connectivity index (χ4n) is 2.02. The summed E-state index contributed by atoms with van der Waals surface area (Å²) in [6.45, 7) is 5.14. The lowest BCUT2D eigenvalue weighted by molar-refractivity contribution is 0.486. The molecular weight excluding hydrogens is 289 g/mol. The average molecular weight is 307 g/mol. The van der Waals surface area contributed by atoms with Crippen LogP contribution in [0.2, 0.25) is 0 Å². The molecule has 0 aromatic heterocycles. The van der Waals surface area contributed by atoms with E-state index in [2.05, 4.69) is 4.72 Å².